The second kappa shape index (κ2) is 8.61. The Bertz CT molecular complexity index is 1640. The number of nitrogen functional groups attached to an aromatic ring is 1. The van der Waals surface area contributed by atoms with E-state index >= 15 is 4.39 Å². The molecule has 6 rings (SSSR count). The monoisotopic (exact) mass is 591 g/mol. The molecule has 1 aliphatic carbocycles. The summed E-state index contributed by atoms with van der Waals surface area (Å²) < 4.78 is 57.2. The number of fused-ring (bicyclic) bond motifs is 4. The zero-order valence-electron chi connectivity index (χ0n) is 19.3. The first-order valence-corrected chi connectivity index (χ1v) is 12.4. The van der Waals surface area contributed by atoms with Gasteiger partial charge in [0.1, 0.15) is 46.6 Å². The second-order valence-electron chi connectivity index (χ2n) is 9.35. The number of pyridine rings is 1. The minimum absolute atomic E-state index is 0.0149. The van der Waals surface area contributed by atoms with Gasteiger partial charge in [-0.1, -0.05) is 6.07 Å². The lowest BCUT2D eigenvalue weighted by molar-refractivity contribution is -0.138. The first-order valence-electron chi connectivity index (χ1n) is 11.6. The van der Waals surface area contributed by atoms with Crippen molar-refractivity contribution in [1.82, 2.24) is 24.4 Å². The third-order valence-electron chi connectivity index (χ3n) is 7.00. The minimum Gasteiger partial charge on any atom is -0.383 e. The summed E-state index contributed by atoms with van der Waals surface area (Å²) in [5.74, 6) is -1.76. The zero-order chi connectivity index (χ0) is 26.9. The third-order valence-corrected chi connectivity index (χ3v) is 7.44. The number of benzene rings is 1. The lowest BCUT2D eigenvalue weighted by Crippen LogP contribution is -2.46. The molecule has 196 valence electrons. The molecule has 4 aromatic rings. The fraction of sp³-hybridized carbons (Fsp3) is 0.292. The number of nitrogens with zero attached hydrogens (tertiary/aromatic N) is 5. The lowest BCUT2D eigenvalue weighted by Gasteiger charge is -2.27. The van der Waals surface area contributed by atoms with Gasteiger partial charge in [-0.05, 0) is 59.0 Å². The maximum Gasteiger partial charge on any atom is 0.416 e. The van der Waals surface area contributed by atoms with Gasteiger partial charge in [0, 0.05) is 11.4 Å². The molecule has 2 aliphatic rings. The summed E-state index contributed by atoms with van der Waals surface area (Å²) in [5.41, 5.74) is 4.51. The summed E-state index contributed by atoms with van der Waals surface area (Å²) in [4.78, 5) is 40.3. The number of hydrogen-bond acceptors (Lipinski definition) is 6. The molecule has 1 aromatic carbocycles. The van der Waals surface area contributed by atoms with E-state index in [2.05, 4.69) is 36.2 Å². The van der Waals surface area contributed by atoms with Crippen LogP contribution in [0, 0.1) is 11.7 Å². The first kappa shape index (κ1) is 24.5. The second-order valence-corrected chi connectivity index (χ2v) is 10.2. The van der Waals surface area contributed by atoms with Gasteiger partial charge < -0.3 is 20.5 Å². The molecule has 1 aliphatic heterocycles. The Morgan fingerprint density at radius 3 is 2.71 bits per heavy atom. The first-order chi connectivity index (χ1) is 18.0. The van der Waals surface area contributed by atoms with Crippen molar-refractivity contribution in [3.63, 3.8) is 0 Å². The van der Waals surface area contributed by atoms with Crippen LogP contribution in [0.2, 0.25) is 0 Å². The summed E-state index contributed by atoms with van der Waals surface area (Å²) in [5, 5.41) is 2.58. The van der Waals surface area contributed by atoms with Crippen molar-refractivity contribution in [3.8, 4) is 0 Å². The van der Waals surface area contributed by atoms with Gasteiger partial charge in [-0.15, -0.1) is 0 Å². The van der Waals surface area contributed by atoms with Crippen LogP contribution in [0.15, 0.2) is 41.3 Å². The Balaban J connectivity index is 1.37. The highest BCUT2D eigenvalue weighted by atomic mass is 79.9. The van der Waals surface area contributed by atoms with Crippen LogP contribution in [0.4, 0.5) is 29.2 Å². The molecule has 4 heterocycles. The van der Waals surface area contributed by atoms with E-state index in [0.29, 0.717) is 22.9 Å². The highest BCUT2D eigenvalue weighted by molar-refractivity contribution is 9.10. The van der Waals surface area contributed by atoms with E-state index in [1.807, 2.05) is 0 Å². The summed E-state index contributed by atoms with van der Waals surface area (Å²) in [6.07, 6.45) is -2.52. The molecule has 3 aromatic heterocycles. The number of rotatable bonds is 4. The molecule has 0 bridgehead atoms. The van der Waals surface area contributed by atoms with Crippen molar-refractivity contribution < 1.29 is 27.2 Å². The fourth-order valence-corrected chi connectivity index (χ4v) is 5.64. The van der Waals surface area contributed by atoms with E-state index in [-0.39, 0.29) is 39.7 Å². The average molecular weight is 592 g/mol. The predicted octanol–water partition coefficient (Wildman–Crippen LogP) is 4.11. The number of anilines is 2. The van der Waals surface area contributed by atoms with Crippen molar-refractivity contribution >= 4 is 61.3 Å². The number of halogens is 5. The largest absolute Gasteiger partial charge is 0.416 e. The maximum absolute atomic E-state index is 15.2. The minimum atomic E-state index is -4.80. The average Bonchev–Trinajstić information content (AvgIpc) is 3.38. The van der Waals surface area contributed by atoms with E-state index in [4.69, 9.17) is 5.73 Å². The maximum atomic E-state index is 15.2. The Morgan fingerprint density at radius 1 is 1.18 bits per heavy atom. The molecular formula is C24H18BrF4N7O2. The lowest BCUT2D eigenvalue weighted by atomic mass is 10.1. The van der Waals surface area contributed by atoms with Crippen LogP contribution in [0.3, 0.4) is 0 Å². The number of carbonyl (C=O) groups is 2. The highest BCUT2D eigenvalue weighted by Crippen LogP contribution is 2.48. The normalized spacial score (nSPS) is 20.7. The molecule has 0 spiro atoms. The Labute approximate surface area is 220 Å². The predicted molar refractivity (Wildman–Crippen MR) is 132 cm³/mol. The van der Waals surface area contributed by atoms with Gasteiger partial charge in [0.15, 0.2) is 0 Å². The van der Waals surface area contributed by atoms with Gasteiger partial charge in [-0.3, -0.25) is 9.59 Å². The summed E-state index contributed by atoms with van der Waals surface area (Å²) in [7, 11) is 0. The summed E-state index contributed by atoms with van der Waals surface area (Å²) >= 11 is 3.24. The molecule has 9 nitrogen and oxygen atoms in total. The number of piperidine rings is 1. The number of carbonyl (C=O) groups excluding carboxylic acids is 2. The van der Waals surface area contributed by atoms with Gasteiger partial charge in [0.05, 0.1) is 16.5 Å². The Kier molecular flexibility index (Phi) is 5.56. The van der Waals surface area contributed by atoms with Gasteiger partial charge in [-0.25, -0.2) is 19.3 Å². The molecule has 2 fully saturated rings. The number of amides is 2. The molecule has 38 heavy (non-hydrogen) atoms. The number of nitrogens with one attached hydrogen (secondary N) is 1. The SMILES string of the molecule is Nc1ncnc2c1c1cc(C(F)(F)F)cc(F)c1n2CC(=O)N1[C@@H]2CC2C[C@H]1C(=O)Nc1cccc(Br)n1. The van der Waals surface area contributed by atoms with Crippen LogP contribution in [0.1, 0.15) is 18.4 Å². The Hall–Kier alpha value is -3.81. The van der Waals surface area contributed by atoms with Crippen LogP contribution in [0.25, 0.3) is 21.9 Å². The standard InChI is InChI=1S/C24H18BrF4N7O2/c25-16-2-1-3-17(33-16)34-23(38)15-5-10-4-14(10)36(15)18(37)8-35-20-12(19-21(30)31-9-32-22(19)35)6-11(7-13(20)26)24(27,28)29/h1-3,6-7,9-10,14-15H,4-5,8H2,(H2,30,31,32)(H,33,34,38)/t10?,14-,15+/m1/s1. The van der Waals surface area contributed by atoms with E-state index in [1.54, 1.807) is 18.2 Å². The smallest absolute Gasteiger partial charge is 0.383 e. The molecule has 2 amide bonds. The third kappa shape index (κ3) is 4.03. The van der Waals surface area contributed by atoms with Gasteiger partial charge in [-0.2, -0.15) is 13.2 Å². The van der Waals surface area contributed by atoms with E-state index < -0.39 is 42.0 Å². The number of alkyl halides is 3. The molecule has 1 unspecified atom stereocenters. The van der Waals surface area contributed by atoms with Crippen molar-refractivity contribution in [3.05, 3.63) is 52.6 Å². The Morgan fingerprint density at radius 2 is 1.97 bits per heavy atom. The van der Waals surface area contributed by atoms with Crippen molar-refractivity contribution in [2.75, 3.05) is 11.1 Å². The molecule has 3 atom stereocenters. The fourth-order valence-electron chi connectivity index (χ4n) is 5.29. The molecule has 0 radical (unpaired) electrons. The molecule has 3 N–H and O–H groups in total. The van der Waals surface area contributed by atoms with Crippen molar-refractivity contribution in [2.45, 2.75) is 37.6 Å². The highest BCUT2D eigenvalue weighted by Gasteiger charge is 2.56. The summed E-state index contributed by atoms with van der Waals surface area (Å²) in [6, 6.07) is 5.25. The number of nitrogens with two attached hydrogens (primary N) is 1. The quantitative estimate of drug-likeness (QED) is 0.272. The number of likely N-dealkylation sites (tertiary alicyclic amines) is 1. The van der Waals surface area contributed by atoms with Crippen LogP contribution in [-0.4, -0.2) is 48.3 Å². The van der Waals surface area contributed by atoms with Crippen LogP contribution in [0.5, 0.6) is 0 Å². The van der Waals surface area contributed by atoms with Gasteiger partial charge >= 0.3 is 6.18 Å². The zero-order valence-corrected chi connectivity index (χ0v) is 20.9. The van der Waals surface area contributed by atoms with Crippen LogP contribution in [-0.2, 0) is 22.3 Å². The topological polar surface area (TPSA) is 119 Å². The molecule has 1 saturated carbocycles. The molecular weight excluding hydrogens is 574 g/mol. The number of hydrogen-bond donors (Lipinski definition) is 2. The number of aromatic nitrogens is 4. The summed E-state index contributed by atoms with van der Waals surface area (Å²) in [6.45, 7) is -0.457. The van der Waals surface area contributed by atoms with Crippen LogP contribution < -0.4 is 11.1 Å². The van der Waals surface area contributed by atoms with Crippen molar-refractivity contribution in [2.24, 2.45) is 5.92 Å². The van der Waals surface area contributed by atoms with Gasteiger partial charge in [0.25, 0.3) is 0 Å². The van der Waals surface area contributed by atoms with Crippen LogP contribution >= 0.6 is 15.9 Å². The molecule has 1 saturated heterocycles. The van der Waals surface area contributed by atoms with Gasteiger partial charge in [0.2, 0.25) is 11.8 Å². The molecule has 14 heteroatoms. The van der Waals surface area contributed by atoms with Crippen molar-refractivity contribution in [1.29, 1.82) is 0 Å². The van der Waals surface area contributed by atoms with E-state index in [1.165, 1.54) is 9.47 Å². The van der Waals surface area contributed by atoms with E-state index in [0.717, 1.165) is 18.8 Å². The van der Waals surface area contributed by atoms with E-state index in [9.17, 15) is 22.8 Å².